The van der Waals surface area contributed by atoms with E-state index in [0.717, 1.165) is 11.1 Å². The number of unbranched alkanes of at least 4 members (excludes halogenated alkanes) is 3. The highest BCUT2D eigenvalue weighted by Gasteiger charge is 2.13. The first-order chi connectivity index (χ1) is 11.1. The van der Waals surface area contributed by atoms with Gasteiger partial charge in [-0.1, -0.05) is 64.3 Å². The third-order valence-corrected chi connectivity index (χ3v) is 4.94. The SMILES string of the molecule is CCCCCCSc1ccc(OC(=O)C(C)C)c2ccccc12. The van der Waals surface area contributed by atoms with E-state index in [1.54, 1.807) is 0 Å². The molecule has 0 aromatic heterocycles. The molecule has 0 aliphatic rings. The van der Waals surface area contributed by atoms with Gasteiger partial charge in [-0.05, 0) is 29.7 Å². The number of carbonyl (C=O) groups is 1. The van der Waals surface area contributed by atoms with Crippen LogP contribution in [0.15, 0.2) is 41.3 Å². The summed E-state index contributed by atoms with van der Waals surface area (Å²) in [7, 11) is 0. The van der Waals surface area contributed by atoms with Crippen molar-refractivity contribution >= 4 is 28.5 Å². The largest absolute Gasteiger partial charge is 0.426 e. The second kappa shape index (κ2) is 8.97. The number of carbonyl (C=O) groups excluding carboxylic acids is 1. The molecule has 0 aliphatic carbocycles. The minimum absolute atomic E-state index is 0.124. The van der Waals surface area contributed by atoms with Gasteiger partial charge in [-0.2, -0.15) is 0 Å². The van der Waals surface area contributed by atoms with E-state index in [0.29, 0.717) is 5.75 Å². The van der Waals surface area contributed by atoms with E-state index < -0.39 is 0 Å². The van der Waals surface area contributed by atoms with Gasteiger partial charge in [0.15, 0.2) is 0 Å². The first-order valence-corrected chi connectivity index (χ1v) is 9.48. The number of rotatable bonds is 8. The minimum Gasteiger partial charge on any atom is -0.426 e. The Bertz CT molecular complexity index is 649. The van der Waals surface area contributed by atoms with Gasteiger partial charge >= 0.3 is 5.97 Å². The van der Waals surface area contributed by atoms with Crippen LogP contribution in [0.1, 0.15) is 46.5 Å². The van der Waals surface area contributed by atoms with Gasteiger partial charge in [-0.15, -0.1) is 11.8 Å². The van der Waals surface area contributed by atoms with Crippen molar-refractivity contribution in [3.8, 4) is 5.75 Å². The summed E-state index contributed by atoms with van der Waals surface area (Å²) in [5.74, 6) is 1.49. The molecule has 0 aliphatic heterocycles. The van der Waals surface area contributed by atoms with Crippen LogP contribution in [0.5, 0.6) is 5.75 Å². The van der Waals surface area contributed by atoms with Crippen LogP contribution in [0.25, 0.3) is 10.8 Å². The standard InChI is InChI=1S/C20H26O2S/c1-4-5-6-9-14-23-19-13-12-18(22-20(21)15(2)3)16-10-7-8-11-17(16)19/h7-8,10-13,15H,4-6,9,14H2,1-3H3. The Morgan fingerprint density at radius 2 is 1.78 bits per heavy atom. The van der Waals surface area contributed by atoms with Gasteiger partial charge in [0.05, 0.1) is 5.92 Å². The van der Waals surface area contributed by atoms with E-state index in [2.05, 4.69) is 19.1 Å². The Morgan fingerprint density at radius 3 is 2.48 bits per heavy atom. The van der Waals surface area contributed by atoms with Crippen LogP contribution >= 0.6 is 11.8 Å². The van der Waals surface area contributed by atoms with Crippen LogP contribution in [0.4, 0.5) is 0 Å². The molecule has 0 N–H and O–H groups in total. The molecule has 0 spiro atoms. The molecule has 0 bridgehead atoms. The molecule has 2 nitrogen and oxygen atoms in total. The van der Waals surface area contributed by atoms with Crippen LogP contribution in [0, 0.1) is 5.92 Å². The van der Waals surface area contributed by atoms with Gasteiger partial charge in [0.1, 0.15) is 5.75 Å². The Labute approximate surface area is 143 Å². The number of fused-ring (bicyclic) bond motifs is 1. The highest BCUT2D eigenvalue weighted by molar-refractivity contribution is 7.99. The predicted octanol–water partition coefficient (Wildman–Crippen LogP) is 6.07. The Kier molecular flexibility index (Phi) is 6.97. The third-order valence-electron chi connectivity index (χ3n) is 3.78. The van der Waals surface area contributed by atoms with Crippen LogP contribution in [0.2, 0.25) is 0 Å². The second-order valence-corrected chi connectivity index (χ2v) is 7.23. The molecule has 2 rings (SSSR count). The average molecular weight is 330 g/mol. The maximum absolute atomic E-state index is 11.9. The van der Waals surface area contributed by atoms with Crippen molar-refractivity contribution in [3.63, 3.8) is 0 Å². The molecule has 124 valence electrons. The van der Waals surface area contributed by atoms with E-state index in [9.17, 15) is 4.79 Å². The molecule has 0 unspecified atom stereocenters. The highest BCUT2D eigenvalue weighted by Crippen LogP contribution is 2.34. The second-order valence-electron chi connectivity index (χ2n) is 6.09. The maximum Gasteiger partial charge on any atom is 0.313 e. The van der Waals surface area contributed by atoms with Gasteiger partial charge in [-0.3, -0.25) is 4.79 Å². The summed E-state index contributed by atoms with van der Waals surface area (Å²) in [6, 6.07) is 12.2. The molecule has 0 saturated carbocycles. The van der Waals surface area contributed by atoms with Crippen molar-refractivity contribution in [1.29, 1.82) is 0 Å². The summed E-state index contributed by atoms with van der Waals surface area (Å²) >= 11 is 1.89. The van der Waals surface area contributed by atoms with E-state index in [1.165, 1.54) is 36.0 Å². The average Bonchev–Trinajstić information content (AvgIpc) is 2.56. The first-order valence-electron chi connectivity index (χ1n) is 8.49. The lowest BCUT2D eigenvalue weighted by molar-refractivity contribution is -0.137. The Morgan fingerprint density at radius 1 is 1.04 bits per heavy atom. The highest BCUT2D eigenvalue weighted by atomic mass is 32.2. The zero-order chi connectivity index (χ0) is 16.7. The van der Waals surface area contributed by atoms with Crippen LogP contribution < -0.4 is 4.74 Å². The molecule has 0 atom stereocenters. The summed E-state index contributed by atoms with van der Waals surface area (Å²) in [5.41, 5.74) is 0. The zero-order valence-corrected chi connectivity index (χ0v) is 15.1. The van der Waals surface area contributed by atoms with Gasteiger partial charge in [0.2, 0.25) is 0 Å². The van der Waals surface area contributed by atoms with Crippen molar-refractivity contribution in [1.82, 2.24) is 0 Å². The number of ether oxygens (including phenoxy) is 1. The van der Waals surface area contributed by atoms with Gasteiger partial charge in [0, 0.05) is 10.3 Å². The lowest BCUT2D eigenvalue weighted by atomic mass is 10.1. The molecule has 3 heteroatoms. The summed E-state index contributed by atoms with van der Waals surface area (Å²) < 4.78 is 5.55. The summed E-state index contributed by atoms with van der Waals surface area (Å²) in [4.78, 5) is 13.2. The van der Waals surface area contributed by atoms with Gasteiger partial charge in [-0.25, -0.2) is 0 Å². The number of esters is 1. The summed E-state index contributed by atoms with van der Waals surface area (Å²) in [6.45, 7) is 5.94. The number of hydrogen-bond donors (Lipinski definition) is 0. The predicted molar refractivity (Wildman–Crippen MR) is 99.3 cm³/mol. The molecule has 0 saturated heterocycles. The van der Waals surface area contributed by atoms with Crippen molar-refractivity contribution in [2.24, 2.45) is 5.92 Å². The third kappa shape index (κ3) is 5.00. The number of benzene rings is 2. The quantitative estimate of drug-likeness (QED) is 0.254. The molecular formula is C20H26O2S. The van der Waals surface area contributed by atoms with Crippen molar-refractivity contribution in [3.05, 3.63) is 36.4 Å². The lowest BCUT2D eigenvalue weighted by Gasteiger charge is -2.12. The molecule has 2 aromatic rings. The van der Waals surface area contributed by atoms with Crippen LogP contribution in [0.3, 0.4) is 0 Å². The lowest BCUT2D eigenvalue weighted by Crippen LogP contribution is -2.14. The summed E-state index contributed by atoms with van der Waals surface area (Å²) in [6.07, 6.45) is 5.12. The molecular weight excluding hydrogens is 304 g/mol. The molecule has 0 radical (unpaired) electrons. The number of thioether (sulfide) groups is 1. The molecule has 2 aromatic carbocycles. The fraction of sp³-hybridized carbons (Fsp3) is 0.450. The van der Waals surface area contributed by atoms with E-state index in [-0.39, 0.29) is 11.9 Å². The van der Waals surface area contributed by atoms with Crippen LogP contribution in [-0.4, -0.2) is 11.7 Å². The molecule has 23 heavy (non-hydrogen) atoms. The van der Waals surface area contributed by atoms with Crippen molar-refractivity contribution in [2.75, 3.05) is 5.75 Å². The van der Waals surface area contributed by atoms with Crippen molar-refractivity contribution in [2.45, 2.75) is 51.3 Å². The topological polar surface area (TPSA) is 26.3 Å². The Hall–Kier alpha value is -1.48. The van der Waals surface area contributed by atoms with Gasteiger partial charge in [0.25, 0.3) is 0 Å². The Balaban J connectivity index is 2.16. The smallest absolute Gasteiger partial charge is 0.313 e. The van der Waals surface area contributed by atoms with E-state index >= 15 is 0 Å². The maximum atomic E-state index is 11.9. The van der Waals surface area contributed by atoms with Crippen molar-refractivity contribution < 1.29 is 9.53 Å². The van der Waals surface area contributed by atoms with E-state index in [1.807, 2.05) is 49.9 Å². The van der Waals surface area contributed by atoms with Gasteiger partial charge < -0.3 is 4.74 Å². The summed E-state index contributed by atoms with van der Waals surface area (Å²) in [5, 5.41) is 2.18. The monoisotopic (exact) mass is 330 g/mol. The fourth-order valence-electron chi connectivity index (χ4n) is 2.40. The zero-order valence-electron chi connectivity index (χ0n) is 14.3. The fourth-order valence-corrected chi connectivity index (χ4v) is 3.46. The van der Waals surface area contributed by atoms with E-state index in [4.69, 9.17) is 4.74 Å². The molecule has 0 amide bonds. The number of hydrogen-bond acceptors (Lipinski definition) is 3. The van der Waals surface area contributed by atoms with Crippen LogP contribution in [-0.2, 0) is 4.79 Å². The normalized spacial score (nSPS) is 11.1. The molecule has 0 fully saturated rings. The molecule has 0 heterocycles. The minimum atomic E-state index is -0.185. The first kappa shape index (κ1) is 17.9.